The third kappa shape index (κ3) is 34.2. The van der Waals surface area contributed by atoms with Gasteiger partial charge >= 0.3 is 0 Å². The second-order valence-electron chi connectivity index (χ2n) is 11.3. The molecule has 0 radical (unpaired) electrons. The Morgan fingerprint density at radius 2 is 0.833 bits per heavy atom. The largest absolute Gasteiger partial charge is 0.547 e. The molecule has 10 heteroatoms. The summed E-state index contributed by atoms with van der Waals surface area (Å²) in [4.78, 5) is 19.3. The van der Waals surface area contributed by atoms with Crippen LogP contribution in [-0.4, -0.2) is 56.4 Å². The van der Waals surface area contributed by atoms with E-state index in [4.69, 9.17) is 10.2 Å². The lowest BCUT2D eigenvalue weighted by atomic mass is 9.82. The van der Waals surface area contributed by atoms with Gasteiger partial charge in [0.2, 0.25) is 0 Å². The van der Waals surface area contributed by atoms with Crippen LogP contribution >= 0.6 is 0 Å². The quantitative estimate of drug-likeness (QED) is 0.334. The van der Waals surface area contributed by atoms with Crippen LogP contribution in [0.15, 0.2) is 0 Å². The van der Waals surface area contributed by atoms with Gasteiger partial charge in [-0.25, -0.2) is 0 Å². The predicted octanol–water partition coefficient (Wildman–Crippen LogP) is -3.56. The van der Waals surface area contributed by atoms with E-state index in [1.807, 2.05) is 0 Å². The Kier molecular flexibility index (Phi) is 19.2. The van der Waals surface area contributed by atoms with Crippen LogP contribution in [0.1, 0.15) is 82.1 Å². The van der Waals surface area contributed by atoms with Gasteiger partial charge in [-0.2, -0.15) is 0 Å². The van der Waals surface area contributed by atoms with Crippen molar-refractivity contribution in [1.29, 1.82) is 0 Å². The molecule has 186 valence electrons. The SMILES string of the molecule is CC(C)(C)CC(C)(C)[NH3+].CC(C)(C)CC(C)(C)[NH3+].O.O.O=C([O-])[C@@H](O)[C@H](O)C(=O)[O-]. The van der Waals surface area contributed by atoms with Crippen molar-refractivity contribution in [1.82, 2.24) is 0 Å². The molecule has 0 unspecified atom stereocenters. The zero-order valence-corrected chi connectivity index (χ0v) is 20.5. The third-order valence-electron chi connectivity index (χ3n) is 2.80. The van der Waals surface area contributed by atoms with Crippen LogP contribution in [0, 0.1) is 10.8 Å². The minimum absolute atomic E-state index is 0. The second kappa shape index (κ2) is 14.7. The highest BCUT2D eigenvalue weighted by Gasteiger charge is 2.24. The zero-order chi connectivity index (χ0) is 23.7. The molecule has 0 rings (SSSR count). The van der Waals surface area contributed by atoms with Gasteiger partial charge in [0, 0.05) is 12.8 Å². The Labute approximate surface area is 181 Å². The molecule has 0 aromatic rings. The van der Waals surface area contributed by atoms with Crippen LogP contribution in [-0.2, 0) is 9.59 Å². The summed E-state index contributed by atoms with van der Waals surface area (Å²) in [6, 6.07) is 0. The number of quaternary nitrogens is 2. The van der Waals surface area contributed by atoms with E-state index < -0.39 is 24.1 Å². The molecule has 0 aliphatic rings. The van der Waals surface area contributed by atoms with Crippen LogP contribution in [0.2, 0.25) is 0 Å². The van der Waals surface area contributed by atoms with E-state index in [9.17, 15) is 19.8 Å². The van der Waals surface area contributed by atoms with Crippen molar-refractivity contribution in [2.75, 3.05) is 0 Å². The lowest BCUT2D eigenvalue weighted by Gasteiger charge is -2.25. The molecule has 0 aliphatic heterocycles. The van der Waals surface area contributed by atoms with Crippen molar-refractivity contribution < 1.29 is 52.4 Å². The first-order chi connectivity index (χ1) is 11.9. The molecule has 0 bridgehead atoms. The highest BCUT2D eigenvalue weighted by atomic mass is 16.4. The average Bonchev–Trinajstić information content (AvgIpc) is 2.28. The molecule has 0 fully saturated rings. The van der Waals surface area contributed by atoms with E-state index in [1.165, 1.54) is 12.8 Å². The maximum Gasteiger partial charge on any atom is 0.124 e. The molecule has 0 aromatic carbocycles. The van der Waals surface area contributed by atoms with Gasteiger partial charge in [-0.1, -0.05) is 41.5 Å². The molecule has 2 atom stereocenters. The zero-order valence-electron chi connectivity index (χ0n) is 20.5. The highest BCUT2D eigenvalue weighted by Crippen LogP contribution is 2.24. The number of aliphatic hydroxyl groups is 2. The average molecular weight is 445 g/mol. The molecular weight excluding hydrogens is 396 g/mol. The van der Waals surface area contributed by atoms with E-state index in [0.29, 0.717) is 10.8 Å². The molecule has 0 aromatic heterocycles. The van der Waals surface area contributed by atoms with Gasteiger partial charge in [0.1, 0.15) is 12.2 Å². The number of carbonyl (C=O) groups excluding carboxylic acids is 2. The molecule has 0 amide bonds. The monoisotopic (exact) mass is 444 g/mol. The summed E-state index contributed by atoms with van der Waals surface area (Å²) in [6.45, 7) is 22.2. The summed E-state index contributed by atoms with van der Waals surface area (Å²) in [6.07, 6.45) is -2.52. The van der Waals surface area contributed by atoms with E-state index in [2.05, 4.69) is 80.7 Å². The lowest BCUT2D eigenvalue weighted by Crippen LogP contribution is -2.70. The number of aliphatic hydroxyl groups excluding tert-OH is 2. The fraction of sp³-hybridized carbons (Fsp3) is 0.900. The molecule has 0 saturated heterocycles. The summed E-state index contributed by atoms with van der Waals surface area (Å²) in [5.74, 6) is -4.12. The van der Waals surface area contributed by atoms with Gasteiger partial charge in [-0.3, -0.25) is 0 Å². The van der Waals surface area contributed by atoms with Crippen LogP contribution in [0.3, 0.4) is 0 Å². The molecule has 10 nitrogen and oxygen atoms in total. The van der Waals surface area contributed by atoms with Crippen LogP contribution in [0.25, 0.3) is 0 Å². The second-order valence-corrected chi connectivity index (χ2v) is 11.3. The van der Waals surface area contributed by atoms with Gasteiger partial charge in [-0.05, 0) is 38.5 Å². The predicted molar refractivity (Wildman–Crippen MR) is 111 cm³/mol. The normalized spacial score (nSPS) is 13.7. The Hall–Kier alpha value is -1.30. The molecule has 0 spiro atoms. The van der Waals surface area contributed by atoms with E-state index in [1.54, 1.807) is 0 Å². The summed E-state index contributed by atoms with van der Waals surface area (Å²) in [5, 5.41) is 35.7. The summed E-state index contributed by atoms with van der Waals surface area (Å²) >= 11 is 0. The van der Waals surface area contributed by atoms with Crippen LogP contribution < -0.4 is 21.7 Å². The topological polar surface area (TPSA) is 239 Å². The number of carboxylic acid groups (broad SMARTS) is 2. The van der Waals surface area contributed by atoms with Crippen molar-refractivity contribution in [3.8, 4) is 0 Å². The smallest absolute Gasteiger partial charge is 0.124 e. The maximum absolute atomic E-state index is 9.63. The van der Waals surface area contributed by atoms with E-state index in [-0.39, 0.29) is 22.0 Å². The molecule has 0 heterocycles. The van der Waals surface area contributed by atoms with Gasteiger partial charge in [0.25, 0.3) is 0 Å². The Balaban J connectivity index is -0.000000101. The Morgan fingerprint density at radius 1 is 0.667 bits per heavy atom. The number of aliphatic carboxylic acids is 2. The highest BCUT2D eigenvalue weighted by molar-refractivity contribution is 5.80. The van der Waals surface area contributed by atoms with Crippen LogP contribution in [0.5, 0.6) is 0 Å². The molecular formula is C20H48N2O8. The molecule has 0 aliphatic carbocycles. The molecule has 0 saturated carbocycles. The first-order valence-corrected chi connectivity index (χ1v) is 9.36. The van der Waals surface area contributed by atoms with E-state index >= 15 is 0 Å². The van der Waals surface area contributed by atoms with Gasteiger partial charge < -0.3 is 52.4 Å². The number of carbonyl (C=O) groups is 2. The van der Waals surface area contributed by atoms with Crippen LogP contribution in [0.4, 0.5) is 0 Å². The summed E-state index contributed by atoms with van der Waals surface area (Å²) < 4.78 is 0. The first-order valence-electron chi connectivity index (χ1n) is 9.36. The molecule has 12 N–H and O–H groups in total. The van der Waals surface area contributed by atoms with Crippen molar-refractivity contribution in [2.24, 2.45) is 10.8 Å². The van der Waals surface area contributed by atoms with Gasteiger partial charge in [-0.15, -0.1) is 0 Å². The third-order valence-corrected chi connectivity index (χ3v) is 2.80. The first kappa shape index (κ1) is 39.2. The van der Waals surface area contributed by atoms with Crippen molar-refractivity contribution in [2.45, 2.75) is 105 Å². The van der Waals surface area contributed by atoms with Crippen molar-refractivity contribution in [3.63, 3.8) is 0 Å². The summed E-state index contributed by atoms with van der Waals surface area (Å²) in [7, 11) is 0. The number of rotatable bonds is 5. The minimum atomic E-state index is -2.44. The molecule has 30 heavy (non-hydrogen) atoms. The Bertz CT molecular complexity index is 401. The van der Waals surface area contributed by atoms with Gasteiger partial charge in [0.05, 0.1) is 23.0 Å². The van der Waals surface area contributed by atoms with Crippen molar-refractivity contribution >= 4 is 11.9 Å². The lowest BCUT2D eigenvalue weighted by molar-refractivity contribution is -0.471. The maximum atomic E-state index is 9.63. The number of carboxylic acids is 2. The standard InChI is InChI=1S/2C8H19N.C4H6O6.2H2O/c2*1-7(2,3)6-8(4,5)9;5-1(3(7)8)2(6)4(9)10;;/h2*6,9H2,1-5H3;1-2,5-6H,(H,7,8)(H,9,10);2*1H2/t;;1-,2-;;/m..0../s1. The number of hydrogen-bond donors (Lipinski definition) is 4. The fourth-order valence-electron chi connectivity index (χ4n) is 3.13. The minimum Gasteiger partial charge on any atom is -0.547 e. The number of hydrogen-bond acceptors (Lipinski definition) is 6. The van der Waals surface area contributed by atoms with Crippen molar-refractivity contribution in [3.05, 3.63) is 0 Å². The van der Waals surface area contributed by atoms with Gasteiger partial charge in [0.15, 0.2) is 0 Å². The fourth-order valence-corrected chi connectivity index (χ4v) is 3.13. The Morgan fingerprint density at radius 3 is 0.867 bits per heavy atom. The van der Waals surface area contributed by atoms with E-state index in [0.717, 1.165) is 0 Å². The summed E-state index contributed by atoms with van der Waals surface area (Å²) in [5.41, 5.74) is 9.42.